The van der Waals surface area contributed by atoms with Gasteiger partial charge in [-0.2, -0.15) is 0 Å². The van der Waals surface area contributed by atoms with Crippen molar-refractivity contribution in [1.82, 2.24) is 0 Å². The normalized spacial score (nSPS) is 11.8. The Morgan fingerprint density at radius 2 is 1.00 bits per heavy atom. The molecular weight excluding hydrogens is 372 g/mol. The lowest BCUT2D eigenvalue weighted by atomic mass is 9.93. The molecule has 0 atom stereocenters. The van der Waals surface area contributed by atoms with Crippen LogP contribution >= 0.6 is 0 Å². The van der Waals surface area contributed by atoms with E-state index in [1.807, 2.05) is 6.92 Å². The van der Waals surface area contributed by atoms with Crippen LogP contribution in [0, 0.1) is 0 Å². The molecule has 5 rings (SSSR count). The van der Waals surface area contributed by atoms with Gasteiger partial charge in [0.2, 0.25) is 0 Å². The minimum absolute atomic E-state index is 1.20. The minimum atomic E-state index is 1.20. The first-order chi connectivity index (χ1) is 15.3. The largest absolute Gasteiger partial charge is 0.0871 e. The van der Waals surface area contributed by atoms with E-state index in [1.165, 1.54) is 49.4 Å². The molecule has 0 spiro atoms. The molecule has 0 unspecified atom stereocenters. The van der Waals surface area contributed by atoms with Gasteiger partial charge in [-0.15, -0.1) is 0 Å². The Morgan fingerprint density at radius 1 is 0.484 bits per heavy atom. The first-order valence-corrected chi connectivity index (χ1v) is 10.7. The summed E-state index contributed by atoms with van der Waals surface area (Å²) >= 11 is 0. The van der Waals surface area contributed by atoms with Crippen molar-refractivity contribution in [3.63, 3.8) is 0 Å². The predicted octanol–water partition coefficient (Wildman–Crippen LogP) is 8.86. The quantitative estimate of drug-likeness (QED) is 0.210. The van der Waals surface area contributed by atoms with Crippen LogP contribution < -0.4 is 0 Å². The molecule has 0 bridgehead atoms. The average Bonchev–Trinajstić information content (AvgIpc) is 2.84. The van der Waals surface area contributed by atoms with Crippen LogP contribution in [0.3, 0.4) is 0 Å². The van der Waals surface area contributed by atoms with Crippen LogP contribution in [0.25, 0.3) is 50.9 Å². The topological polar surface area (TPSA) is 0 Å². The van der Waals surface area contributed by atoms with Crippen molar-refractivity contribution in [2.24, 2.45) is 0 Å². The zero-order valence-corrected chi connectivity index (χ0v) is 17.6. The molecule has 0 fully saturated rings. The van der Waals surface area contributed by atoms with Gasteiger partial charge in [-0.3, -0.25) is 0 Å². The first-order valence-electron chi connectivity index (χ1n) is 10.7. The summed E-state index contributed by atoms with van der Waals surface area (Å²) in [6.45, 7) is 2.04. The van der Waals surface area contributed by atoms with E-state index in [2.05, 4.69) is 127 Å². The highest BCUT2D eigenvalue weighted by molar-refractivity contribution is 6.13. The summed E-state index contributed by atoms with van der Waals surface area (Å²) < 4.78 is 0. The molecular formula is C31H24. The third-order valence-electron chi connectivity index (χ3n) is 5.75. The molecule has 0 N–H and O–H groups in total. The Bertz CT molecular complexity index is 1400. The van der Waals surface area contributed by atoms with Crippen molar-refractivity contribution in [2.75, 3.05) is 0 Å². The third-order valence-corrected chi connectivity index (χ3v) is 5.75. The molecule has 5 aromatic carbocycles. The second kappa shape index (κ2) is 8.45. The first kappa shape index (κ1) is 19.1. The highest BCUT2D eigenvalue weighted by Crippen LogP contribution is 2.34. The Hall–Kier alpha value is -3.90. The lowest BCUT2D eigenvalue weighted by Gasteiger charge is -2.11. The van der Waals surface area contributed by atoms with Crippen molar-refractivity contribution in [3.05, 3.63) is 126 Å². The molecule has 0 aliphatic rings. The summed E-state index contributed by atoms with van der Waals surface area (Å²) in [5, 5.41) is 5.19. The van der Waals surface area contributed by atoms with E-state index in [0.29, 0.717) is 0 Å². The van der Waals surface area contributed by atoms with E-state index in [1.54, 1.807) is 0 Å². The van der Waals surface area contributed by atoms with Crippen molar-refractivity contribution >= 4 is 39.8 Å². The van der Waals surface area contributed by atoms with Gasteiger partial charge >= 0.3 is 0 Å². The second-order valence-electron chi connectivity index (χ2n) is 7.81. The monoisotopic (exact) mass is 396 g/mol. The zero-order chi connectivity index (χ0) is 21.0. The Labute approximate surface area is 183 Å². The molecule has 0 radical (unpaired) electrons. The molecule has 148 valence electrons. The summed E-state index contributed by atoms with van der Waals surface area (Å²) in [4.78, 5) is 0. The SMILES string of the molecule is C/C=C/c1ccc(/C=C/c2ccc(-c3cc4ccccc4c4ccccc34)cc2)cc1. The number of allylic oxidation sites excluding steroid dienone is 1. The van der Waals surface area contributed by atoms with Crippen LogP contribution in [-0.2, 0) is 0 Å². The van der Waals surface area contributed by atoms with E-state index < -0.39 is 0 Å². The fraction of sp³-hybridized carbons (Fsp3) is 0.0323. The summed E-state index contributed by atoms with van der Waals surface area (Å²) in [6.07, 6.45) is 8.51. The molecule has 0 heteroatoms. The number of benzene rings is 5. The molecule has 0 saturated carbocycles. The van der Waals surface area contributed by atoms with E-state index >= 15 is 0 Å². The van der Waals surface area contributed by atoms with Gasteiger partial charge in [0.15, 0.2) is 0 Å². The lowest BCUT2D eigenvalue weighted by Crippen LogP contribution is -1.85. The molecule has 0 amide bonds. The molecule has 0 aromatic heterocycles. The molecule has 0 aliphatic heterocycles. The van der Waals surface area contributed by atoms with Crippen LogP contribution in [0.5, 0.6) is 0 Å². The predicted molar refractivity (Wildman–Crippen MR) is 137 cm³/mol. The van der Waals surface area contributed by atoms with E-state index in [4.69, 9.17) is 0 Å². The number of hydrogen-bond donors (Lipinski definition) is 0. The summed E-state index contributed by atoms with van der Waals surface area (Å²) in [5.74, 6) is 0. The third kappa shape index (κ3) is 3.93. The summed E-state index contributed by atoms with van der Waals surface area (Å²) in [5.41, 5.74) is 6.16. The van der Waals surface area contributed by atoms with E-state index in [-0.39, 0.29) is 0 Å². The van der Waals surface area contributed by atoms with Gasteiger partial charge < -0.3 is 0 Å². The van der Waals surface area contributed by atoms with Crippen molar-refractivity contribution in [1.29, 1.82) is 0 Å². The van der Waals surface area contributed by atoms with Crippen molar-refractivity contribution in [2.45, 2.75) is 6.92 Å². The van der Waals surface area contributed by atoms with Crippen LogP contribution in [0.4, 0.5) is 0 Å². The van der Waals surface area contributed by atoms with Crippen LogP contribution in [0.15, 0.2) is 109 Å². The zero-order valence-electron chi connectivity index (χ0n) is 17.6. The fourth-order valence-electron chi connectivity index (χ4n) is 4.17. The van der Waals surface area contributed by atoms with Crippen LogP contribution in [0.2, 0.25) is 0 Å². The number of hydrogen-bond acceptors (Lipinski definition) is 0. The van der Waals surface area contributed by atoms with Gasteiger partial charge in [0.05, 0.1) is 0 Å². The standard InChI is InChI=1S/C31H24/c1-2-7-23-12-14-24(15-13-23)16-17-25-18-20-26(21-19-25)31-22-27-8-3-4-9-28(27)29-10-5-6-11-30(29)31/h2-22H,1H3/b7-2+,17-16+. The van der Waals surface area contributed by atoms with Gasteiger partial charge in [0.1, 0.15) is 0 Å². The molecule has 31 heavy (non-hydrogen) atoms. The van der Waals surface area contributed by atoms with Gasteiger partial charge in [-0.25, -0.2) is 0 Å². The molecule has 0 nitrogen and oxygen atoms in total. The van der Waals surface area contributed by atoms with Gasteiger partial charge in [-0.05, 0) is 62.4 Å². The van der Waals surface area contributed by atoms with Crippen LogP contribution in [-0.4, -0.2) is 0 Å². The Kier molecular flexibility index (Phi) is 5.21. The molecule has 0 saturated heterocycles. The van der Waals surface area contributed by atoms with Crippen molar-refractivity contribution in [3.8, 4) is 11.1 Å². The smallest absolute Gasteiger partial charge is 0.00990 e. The van der Waals surface area contributed by atoms with Gasteiger partial charge in [-0.1, -0.05) is 121 Å². The maximum Gasteiger partial charge on any atom is -0.00990 e. The van der Waals surface area contributed by atoms with Gasteiger partial charge in [0.25, 0.3) is 0 Å². The van der Waals surface area contributed by atoms with Crippen molar-refractivity contribution < 1.29 is 0 Å². The summed E-state index contributed by atoms with van der Waals surface area (Å²) in [6, 6.07) is 37.1. The number of fused-ring (bicyclic) bond motifs is 3. The molecule has 0 heterocycles. The Balaban J connectivity index is 1.48. The average molecular weight is 397 g/mol. The highest BCUT2D eigenvalue weighted by atomic mass is 14.1. The second-order valence-corrected chi connectivity index (χ2v) is 7.81. The Morgan fingerprint density at radius 3 is 1.65 bits per heavy atom. The minimum Gasteiger partial charge on any atom is -0.0871 e. The number of rotatable bonds is 4. The van der Waals surface area contributed by atoms with E-state index in [9.17, 15) is 0 Å². The van der Waals surface area contributed by atoms with E-state index in [0.717, 1.165) is 0 Å². The van der Waals surface area contributed by atoms with Crippen LogP contribution in [0.1, 0.15) is 23.6 Å². The molecule has 5 aromatic rings. The maximum absolute atomic E-state index is 2.31. The maximum atomic E-state index is 2.31. The molecule has 0 aliphatic carbocycles. The lowest BCUT2D eigenvalue weighted by molar-refractivity contribution is 1.61. The van der Waals surface area contributed by atoms with Gasteiger partial charge in [0, 0.05) is 0 Å². The highest BCUT2D eigenvalue weighted by Gasteiger charge is 2.07. The fourth-order valence-corrected chi connectivity index (χ4v) is 4.17. The summed E-state index contributed by atoms with van der Waals surface area (Å²) in [7, 11) is 0.